The van der Waals surface area contributed by atoms with Gasteiger partial charge in [-0.15, -0.1) is 5.10 Å². The van der Waals surface area contributed by atoms with E-state index >= 15 is 0 Å². The highest BCUT2D eigenvalue weighted by atomic mass is 16.3. The second-order valence-electron chi connectivity index (χ2n) is 8.25. The topological polar surface area (TPSA) is 54.2 Å². The normalized spacial score (nSPS) is 26.4. The van der Waals surface area contributed by atoms with Gasteiger partial charge in [0.25, 0.3) is 0 Å². The largest absolute Gasteiger partial charge is 0.391 e. The Morgan fingerprint density at radius 1 is 1.11 bits per heavy atom. The van der Waals surface area contributed by atoms with Crippen molar-refractivity contribution < 1.29 is 5.11 Å². The molecule has 146 valence electrons. The molecule has 5 heteroatoms. The molecule has 1 aliphatic heterocycles. The molecule has 0 amide bonds. The highest BCUT2D eigenvalue weighted by Gasteiger charge is 2.37. The van der Waals surface area contributed by atoms with Crippen LogP contribution < -0.4 is 0 Å². The number of benzene rings is 1. The molecule has 0 spiro atoms. The zero-order valence-corrected chi connectivity index (χ0v) is 16.4. The lowest BCUT2D eigenvalue weighted by atomic mass is 9.90. The third kappa shape index (κ3) is 4.41. The number of aliphatic hydroxyl groups is 1. The van der Waals surface area contributed by atoms with E-state index in [9.17, 15) is 5.11 Å². The molecular formula is C22H32N4O. The molecular weight excluding hydrogens is 336 g/mol. The Morgan fingerprint density at radius 3 is 2.67 bits per heavy atom. The molecule has 0 bridgehead atoms. The molecule has 0 unspecified atom stereocenters. The Balaban J connectivity index is 1.50. The van der Waals surface area contributed by atoms with Gasteiger partial charge in [0.1, 0.15) is 0 Å². The summed E-state index contributed by atoms with van der Waals surface area (Å²) in [7, 11) is 0. The average Bonchev–Trinajstić information content (AvgIpc) is 3.44. The number of hydrogen-bond acceptors (Lipinski definition) is 4. The van der Waals surface area contributed by atoms with Crippen LogP contribution in [0.4, 0.5) is 0 Å². The van der Waals surface area contributed by atoms with E-state index in [2.05, 4.69) is 58.7 Å². The Hall–Kier alpha value is -1.72. The zero-order chi connectivity index (χ0) is 18.6. The van der Waals surface area contributed by atoms with Crippen molar-refractivity contribution in [2.75, 3.05) is 13.1 Å². The molecule has 0 radical (unpaired) electrons. The van der Waals surface area contributed by atoms with Crippen molar-refractivity contribution >= 4 is 0 Å². The number of aromatic nitrogens is 3. The third-order valence-electron chi connectivity index (χ3n) is 6.12. The fourth-order valence-corrected chi connectivity index (χ4v) is 4.31. The first-order valence-corrected chi connectivity index (χ1v) is 10.6. The van der Waals surface area contributed by atoms with E-state index in [0.29, 0.717) is 5.92 Å². The first-order valence-electron chi connectivity index (χ1n) is 10.6. The highest BCUT2D eigenvalue weighted by molar-refractivity contribution is 5.20. The average molecular weight is 369 g/mol. The van der Waals surface area contributed by atoms with E-state index in [0.717, 1.165) is 25.2 Å². The summed E-state index contributed by atoms with van der Waals surface area (Å²) in [4.78, 5) is 2.56. The summed E-state index contributed by atoms with van der Waals surface area (Å²) >= 11 is 0. The predicted octanol–water partition coefficient (Wildman–Crippen LogP) is 4.08. The lowest BCUT2D eigenvalue weighted by Gasteiger charge is -2.42. The van der Waals surface area contributed by atoms with Gasteiger partial charge >= 0.3 is 0 Å². The minimum Gasteiger partial charge on any atom is -0.391 e. The highest BCUT2D eigenvalue weighted by Crippen LogP contribution is 2.40. The first kappa shape index (κ1) is 18.6. The summed E-state index contributed by atoms with van der Waals surface area (Å²) in [6, 6.07) is 10.9. The molecule has 1 aromatic carbocycles. The summed E-state index contributed by atoms with van der Waals surface area (Å²) in [5.74, 6) is 0.599. The molecule has 1 saturated heterocycles. The minimum atomic E-state index is -0.393. The van der Waals surface area contributed by atoms with Crippen LogP contribution in [0.3, 0.4) is 0 Å². The van der Waals surface area contributed by atoms with Crippen molar-refractivity contribution in [3.8, 4) is 0 Å². The van der Waals surface area contributed by atoms with E-state index < -0.39 is 6.10 Å². The van der Waals surface area contributed by atoms with Gasteiger partial charge in [-0.3, -0.25) is 4.90 Å². The predicted molar refractivity (Wildman–Crippen MR) is 107 cm³/mol. The van der Waals surface area contributed by atoms with Crippen molar-refractivity contribution in [2.45, 2.75) is 76.0 Å². The summed E-state index contributed by atoms with van der Waals surface area (Å²) in [5.41, 5.74) is 2.41. The Morgan fingerprint density at radius 2 is 1.93 bits per heavy atom. The van der Waals surface area contributed by atoms with Crippen LogP contribution >= 0.6 is 0 Å². The van der Waals surface area contributed by atoms with E-state index in [-0.39, 0.29) is 12.1 Å². The van der Waals surface area contributed by atoms with E-state index in [4.69, 9.17) is 0 Å². The first-order chi connectivity index (χ1) is 13.3. The summed E-state index contributed by atoms with van der Waals surface area (Å²) in [6.07, 6.45) is 9.93. The van der Waals surface area contributed by atoms with Gasteiger partial charge in [0.05, 0.1) is 17.8 Å². The maximum atomic E-state index is 10.9. The Labute approximate surface area is 162 Å². The number of hydrogen-bond donors (Lipinski definition) is 1. The third-order valence-corrected chi connectivity index (χ3v) is 6.12. The maximum absolute atomic E-state index is 10.9. The zero-order valence-electron chi connectivity index (χ0n) is 16.4. The van der Waals surface area contributed by atoms with Crippen LogP contribution in [0.2, 0.25) is 0 Å². The number of unbranched alkanes of at least 4 members (excludes halogenated alkanes) is 3. The summed E-state index contributed by atoms with van der Waals surface area (Å²) in [5, 5.41) is 19.7. The van der Waals surface area contributed by atoms with Gasteiger partial charge in [0.2, 0.25) is 0 Å². The molecule has 1 aliphatic carbocycles. The van der Waals surface area contributed by atoms with E-state index in [1.165, 1.54) is 44.1 Å². The van der Waals surface area contributed by atoms with Gasteiger partial charge in [-0.2, -0.15) is 0 Å². The maximum Gasteiger partial charge on any atom is 0.0923 e. The number of likely N-dealkylation sites (tertiary alicyclic amines) is 1. The van der Waals surface area contributed by atoms with Gasteiger partial charge in [0.15, 0.2) is 0 Å². The lowest BCUT2D eigenvalue weighted by molar-refractivity contribution is -0.00775. The fourth-order valence-electron chi connectivity index (χ4n) is 4.31. The molecule has 2 aromatic rings. The van der Waals surface area contributed by atoms with Gasteiger partial charge in [-0.05, 0) is 37.8 Å². The molecule has 1 aromatic heterocycles. The van der Waals surface area contributed by atoms with Crippen LogP contribution in [-0.4, -0.2) is 44.2 Å². The molecule has 2 fully saturated rings. The molecule has 1 N–H and O–H groups in total. The number of rotatable bonds is 8. The van der Waals surface area contributed by atoms with Gasteiger partial charge in [0, 0.05) is 24.7 Å². The van der Waals surface area contributed by atoms with Crippen LogP contribution in [0.25, 0.3) is 0 Å². The van der Waals surface area contributed by atoms with Crippen LogP contribution in [0, 0.1) is 0 Å². The van der Waals surface area contributed by atoms with Gasteiger partial charge in [-0.25, -0.2) is 4.68 Å². The van der Waals surface area contributed by atoms with Crippen LogP contribution in [0.1, 0.15) is 81.1 Å². The number of piperidine rings is 1. The monoisotopic (exact) mass is 368 g/mol. The number of nitrogens with zero attached hydrogens (tertiary/aromatic N) is 4. The Bertz CT molecular complexity index is 712. The molecule has 2 aliphatic rings. The van der Waals surface area contributed by atoms with E-state index in [1.807, 2.05) is 4.68 Å². The summed E-state index contributed by atoms with van der Waals surface area (Å²) < 4.78 is 1.93. The lowest BCUT2D eigenvalue weighted by Crippen LogP contribution is -2.46. The molecule has 3 atom stereocenters. The Kier molecular flexibility index (Phi) is 5.89. The number of aliphatic hydroxyl groups excluding tert-OH is 1. The molecule has 27 heavy (non-hydrogen) atoms. The van der Waals surface area contributed by atoms with Crippen molar-refractivity contribution in [3.63, 3.8) is 0 Å². The van der Waals surface area contributed by atoms with Crippen LogP contribution in [0.15, 0.2) is 36.5 Å². The second-order valence-corrected chi connectivity index (χ2v) is 8.25. The minimum absolute atomic E-state index is 0.00358. The SMILES string of the molecule is CCCCCCN1C[C@H](n2cc(C3CC3)nn2)[C@@H](O)C[C@@H]1c1ccccc1. The van der Waals surface area contributed by atoms with Crippen molar-refractivity contribution in [1.29, 1.82) is 0 Å². The van der Waals surface area contributed by atoms with Gasteiger partial charge < -0.3 is 5.11 Å². The van der Waals surface area contributed by atoms with E-state index in [1.54, 1.807) is 0 Å². The van der Waals surface area contributed by atoms with Crippen molar-refractivity contribution in [1.82, 2.24) is 19.9 Å². The van der Waals surface area contributed by atoms with Gasteiger partial charge in [-0.1, -0.05) is 61.7 Å². The molecule has 4 rings (SSSR count). The quantitative estimate of drug-likeness (QED) is 0.713. The second kappa shape index (κ2) is 8.53. The molecule has 2 heterocycles. The molecule has 1 saturated carbocycles. The standard InChI is InChI=1S/C22H32N4O/c1-2-3-4-8-13-25-16-21(26-15-19(23-24-26)17-11-12-17)22(27)14-20(25)18-9-6-5-7-10-18/h5-7,9-10,15,17,20-22,27H,2-4,8,11-14,16H2,1H3/t20-,21+,22+/m1/s1. The smallest absolute Gasteiger partial charge is 0.0923 e. The van der Waals surface area contributed by atoms with Crippen LogP contribution in [-0.2, 0) is 0 Å². The summed E-state index contributed by atoms with van der Waals surface area (Å²) in [6.45, 7) is 4.16. The molecule has 5 nitrogen and oxygen atoms in total. The fraction of sp³-hybridized carbons (Fsp3) is 0.636. The van der Waals surface area contributed by atoms with Crippen molar-refractivity contribution in [3.05, 3.63) is 47.8 Å². The van der Waals surface area contributed by atoms with Crippen LogP contribution in [0.5, 0.6) is 0 Å². The van der Waals surface area contributed by atoms with Crippen molar-refractivity contribution in [2.24, 2.45) is 0 Å².